The maximum atomic E-state index is 12.7. The van der Waals surface area contributed by atoms with Gasteiger partial charge in [-0.05, 0) is 31.3 Å². The van der Waals surface area contributed by atoms with E-state index >= 15 is 0 Å². The van der Waals surface area contributed by atoms with E-state index in [2.05, 4.69) is 4.72 Å². The minimum absolute atomic E-state index is 0.0493. The predicted octanol–water partition coefficient (Wildman–Crippen LogP) is 0.247. The maximum absolute atomic E-state index is 12.7. The Morgan fingerprint density at radius 2 is 1.82 bits per heavy atom. The van der Waals surface area contributed by atoms with Crippen molar-refractivity contribution in [3.63, 3.8) is 0 Å². The fourth-order valence-corrected chi connectivity index (χ4v) is 3.86. The summed E-state index contributed by atoms with van der Waals surface area (Å²) in [4.78, 5) is 13.3. The molecule has 0 aliphatic carbocycles. The minimum Gasteiger partial charge on any atom is -0.312 e. The molecule has 1 aromatic rings. The smallest absolute Gasteiger partial charge is 0.302 e. The minimum atomic E-state index is -4.63. The Balaban J connectivity index is 2.17. The summed E-state index contributed by atoms with van der Waals surface area (Å²) in [6, 6.07) is 5.59. The molecule has 22 heavy (non-hydrogen) atoms. The highest BCUT2D eigenvalue weighted by Gasteiger charge is 2.33. The average molecular weight is 350 g/mol. The second kappa shape index (κ2) is 5.94. The molecule has 1 amide bonds. The SMILES string of the molecule is CNS(=O)(=O)c1ccc(N2CC(CS(=O)(=O)F)CC2=O)cc1. The fourth-order valence-electron chi connectivity index (χ4n) is 2.35. The third kappa shape index (κ3) is 3.81. The Morgan fingerprint density at radius 1 is 1.23 bits per heavy atom. The normalized spacial score (nSPS) is 19.6. The molecule has 1 aromatic carbocycles. The number of carbonyl (C=O) groups excluding carboxylic acids is 1. The molecule has 1 heterocycles. The molecule has 1 N–H and O–H groups in total. The van der Waals surface area contributed by atoms with E-state index in [1.54, 1.807) is 0 Å². The van der Waals surface area contributed by atoms with Gasteiger partial charge >= 0.3 is 10.2 Å². The number of nitrogens with one attached hydrogen (secondary N) is 1. The van der Waals surface area contributed by atoms with Gasteiger partial charge in [0.1, 0.15) is 0 Å². The average Bonchev–Trinajstić information content (AvgIpc) is 2.77. The number of carbonyl (C=O) groups is 1. The van der Waals surface area contributed by atoms with Gasteiger partial charge < -0.3 is 4.90 Å². The first-order valence-corrected chi connectivity index (χ1v) is 9.42. The van der Waals surface area contributed by atoms with E-state index in [0.29, 0.717) is 5.69 Å². The van der Waals surface area contributed by atoms with Gasteiger partial charge in [-0.3, -0.25) is 4.79 Å². The Bertz CT molecular complexity index is 774. The van der Waals surface area contributed by atoms with E-state index in [1.165, 1.54) is 36.2 Å². The van der Waals surface area contributed by atoms with Crippen LogP contribution in [0.4, 0.5) is 9.57 Å². The van der Waals surface area contributed by atoms with Gasteiger partial charge in [0, 0.05) is 24.6 Å². The lowest BCUT2D eigenvalue weighted by Gasteiger charge is -2.17. The zero-order valence-corrected chi connectivity index (χ0v) is 13.3. The number of benzene rings is 1. The molecular weight excluding hydrogens is 335 g/mol. The highest BCUT2D eigenvalue weighted by Crippen LogP contribution is 2.27. The molecule has 7 nitrogen and oxygen atoms in total. The molecule has 1 saturated heterocycles. The van der Waals surface area contributed by atoms with E-state index in [1.807, 2.05) is 0 Å². The van der Waals surface area contributed by atoms with Gasteiger partial charge in [0.15, 0.2) is 0 Å². The van der Waals surface area contributed by atoms with E-state index in [4.69, 9.17) is 0 Å². The molecule has 0 radical (unpaired) electrons. The van der Waals surface area contributed by atoms with Crippen molar-refractivity contribution in [2.45, 2.75) is 11.3 Å². The molecule has 1 aliphatic heterocycles. The third-order valence-electron chi connectivity index (χ3n) is 3.37. The molecule has 1 fully saturated rings. The van der Waals surface area contributed by atoms with Crippen LogP contribution < -0.4 is 9.62 Å². The van der Waals surface area contributed by atoms with Crippen molar-refractivity contribution >= 4 is 31.8 Å². The molecule has 1 unspecified atom stereocenters. The first-order valence-electron chi connectivity index (χ1n) is 6.39. The van der Waals surface area contributed by atoms with Gasteiger partial charge in [0.2, 0.25) is 15.9 Å². The fraction of sp³-hybridized carbons (Fsp3) is 0.417. The second-order valence-electron chi connectivity index (χ2n) is 4.98. The quantitative estimate of drug-likeness (QED) is 0.767. The van der Waals surface area contributed by atoms with E-state index < -0.39 is 31.9 Å². The van der Waals surface area contributed by atoms with E-state index in [9.17, 15) is 25.5 Å². The molecule has 10 heteroatoms. The summed E-state index contributed by atoms with van der Waals surface area (Å²) in [5.41, 5.74) is 0.443. The summed E-state index contributed by atoms with van der Waals surface area (Å²) in [6.07, 6.45) is -0.0558. The Kier molecular flexibility index (Phi) is 4.54. The summed E-state index contributed by atoms with van der Waals surface area (Å²) in [6.45, 7) is 0.0834. The Morgan fingerprint density at radius 3 is 2.32 bits per heavy atom. The van der Waals surface area contributed by atoms with Crippen molar-refractivity contribution < 1.29 is 25.5 Å². The number of hydrogen-bond acceptors (Lipinski definition) is 5. The summed E-state index contributed by atoms with van der Waals surface area (Å²) in [5.74, 6) is -1.62. The van der Waals surface area contributed by atoms with Gasteiger partial charge in [-0.25, -0.2) is 13.1 Å². The van der Waals surface area contributed by atoms with Gasteiger partial charge in [-0.1, -0.05) is 0 Å². The predicted molar refractivity (Wildman–Crippen MR) is 78.0 cm³/mol. The van der Waals surface area contributed by atoms with E-state index in [0.717, 1.165) is 0 Å². The number of halogens is 1. The number of nitrogens with zero attached hydrogens (tertiary/aromatic N) is 1. The van der Waals surface area contributed by atoms with Crippen LogP contribution in [0.3, 0.4) is 0 Å². The molecule has 1 atom stereocenters. The first-order chi connectivity index (χ1) is 10.1. The number of sulfonamides is 1. The zero-order chi connectivity index (χ0) is 16.5. The van der Waals surface area contributed by atoms with Gasteiger partial charge in [-0.2, -0.15) is 8.42 Å². The number of hydrogen-bond donors (Lipinski definition) is 1. The lowest BCUT2D eigenvalue weighted by molar-refractivity contribution is -0.117. The lowest BCUT2D eigenvalue weighted by atomic mass is 10.1. The number of rotatable bonds is 5. The van der Waals surface area contributed by atoms with Crippen molar-refractivity contribution in [2.24, 2.45) is 5.92 Å². The third-order valence-corrected chi connectivity index (χ3v) is 5.67. The molecule has 0 bridgehead atoms. The summed E-state index contributed by atoms with van der Waals surface area (Å²) in [7, 11) is -6.91. The number of amides is 1. The van der Waals surface area contributed by atoms with Gasteiger partial charge in [0.05, 0.1) is 10.6 Å². The van der Waals surface area contributed by atoms with Crippen molar-refractivity contribution in [1.82, 2.24) is 4.72 Å². The van der Waals surface area contributed by atoms with Crippen LogP contribution in [0, 0.1) is 5.92 Å². The molecule has 0 aromatic heterocycles. The van der Waals surface area contributed by atoms with Crippen molar-refractivity contribution in [3.8, 4) is 0 Å². The summed E-state index contributed by atoms with van der Waals surface area (Å²) < 4.78 is 59.4. The largest absolute Gasteiger partial charge is 0.312 e. The molecule has 1 aliphatic rings. The standard InChI is InChI=1S/C12H15FN2O5S2/c1-14-22(19,20)11-4-2-10(3-5-11)15-7-9(6-12(15)16)8-21(13,17)18/h2-5,9,14H,6-8H2,1H3. The van der Waals surface area contributed by atoms with Crippen LogP contribution in [-0.4, -0.2) is 42.1 Å². The van der Waals surface area contributed by atoms with Crippen LogP contribution in [-0.2, 0) is 25.0 Å². The highest BCUT2D eigenvalue weighted by atomic mass is 32.3. The van der Waals surface area contributed by atoms with Gasteiger partial charge in [0.25, 0.3) is 0 Å². The van der Waals surface area contributed by atoms with Crippen molar-refractivity contribution in [1.29, 1.82) is 0 Å². The summed E-state index contributed by atoms with van der Waals surface area (Å²) >= 11 is 0. The van der Waals surface area contributed by atoms with Gasteiger partial charge in [-0.15, -0.1) is 3.89 Å². The van der Waals surface area contributed by atoms with E-state index in [-0.39, 0.29) is 23.8 Å². The zero-order valence-electron chi connectivity index (χ0n) is 11.7. The van der Waals surface area contributed by atoms with Crippen LogP contribution in [0.5, 0.6) is 0 Å². The Hall–Kier alpha value is -1.52. The van der Waals surface area contributed by atoms with Crippen molar-refractivity contribution in [3.05, 3.63) is 24.3 Å². The van der Waals surface area contributed by atoms with Crippen molar-refractivity contribution in [2.75, 3.05) is 24.2 Å². The van der Waals surface area contributed by atoms with Crippen LogP contribution in [0.1, 0.15) is 6.42 Å². The molecule has 0 spiro atoms. The Labute approximate surface area is 128 Å². The molecule has 122 valence electrons. The monoisotopic (exact) mass is 350 g/mol. The molecule has 0 saturated carbocycles. The highest BCUT2D eigenvalue weighted by molar-refractivity contribution is 7.89. The maximum Gasteiger partial charge on any atom is 0.302 e. The van der Waals surface area contributed by atoms with Crippen LogP contribution in [0.25, 0.3) is 0 Å². The lowest BCUT2D eigenvalue weighted by Crippen LogP contribution is -2.25. The molecule has 2 rings (SSSR count). The molecular formula is C12H15FN2O5S2. The second-order valence-corrected chi connectivity index (χ2v) is 8.28. The van der Waals surface area contributed by atoms with Crippen LogP contribution in [0.15, 0.2) is 29.2 Å². The first kappa shape index (κ1) is 16.8. The van der Waals surface area contributed by atoms with Crippen LogP contribution in [0.2, 0.25) is 0 Å². The number of anilines is 1. The van der Waals surface area contributed by atoms with Crippen LogP contribution >= 0.6 is 0 Å². The summed E-state index contributed by atoms with van der Waals surface area (Å²) in [5, 5.41) is 0. The topological polar surface area (TPSA) is 101 Å².